The zero-order valence-corrected chi connectivity index (χ0v) is 10.1. The number of rotatable bonds is 5. The molecule has 0 atom stereocenters. The monoisotopic (exact) mass is 233 g/mol. The minimum Gasteiger partial charge on any atom is -0.366 e. The highest BCUT2D eigenvalue weighted by molar-refractivity contribution is 7.07. The van der Waals surface area contributed by atoms with Crippen LogP contribution in [0, 0.1) is 0 Å². The van der Waals surface area contributed by atoms with E-state index in [0.29, 0.717) is 0 Å². The third-order valence-electron chi connectivity index (χ3n) is 2.28. The quantitative estimate of drug-likeness (QED) is 0.862. The average molecular weight is 233 g/mol. The van der Waals surface area contributed by atoms with Gasteiger partial charge in [0.25, 0.3) is 0 Å². The number of nitrogens with one attached hydrogen (secondary N) is 1. The molecule has 0 saturated heterocycles. The standard InChI is InChI=1S/C12H15N3S/c1-2-3-11-6-12(15-9-14-11)13-7-10-4-5-16-8-10/h4-6,8-9H,2-3,7H2,1H3,(H,13,14,15). The molecule has 84 valence electrons. The Morgan fingerprint density at radius 3 is 3.06 bits per heavy atom. The van der Waals surface area contributed by atoms with Gasteiger partial charge in [0.05, 0.1) is 0 Å². The van der Waals surface area contributed by atoms with Gasteiger partial charge in [0.1, 0.15) is 12.1 Å². The van der Waals surface area contributed by atoms with Gasteiger partial charge in [-0.3, -0.25) is 0 Å². The largest absolute Gasteiger partial charge is 0.366 e. The second-order valence-electron chi connectivity index (χ2n) is 3.63. The second-order valence-corrected chi connectivity index (χ2v) is 4.41. The van der Waals surface area contributed by atoms with Gasteiger partial charge in [0.2, 0.25) is 0 Å². The van der Waals surface area contributed by atoms with E-state index in [1.54, 1.807) is 17.7 Å². The van der Waals surface area contributed by atoms with E-state index in [2.05, 4.69) is 39.0 Å². The summed E-state index contributed by atoms with van der Waals surface area (Å²) in [6.07, 6.45) is 3.75. The van der Waals surface area contributed by atoms with Crippen molar-refractivity contribution in [3.8, 4) is 0 Å². The van der Waals surface area contributed by atoms with Crippen molar-refractivity contribution < 1.29 is 0 Å². The van der Waals surface area contributed by atoms with Crippen molar-refractivity contribution in [3.63, 3.8) is 0 Å². The van der Waals surface area contributed by atoms with Crippen molar-refractivity contribution in [3.05, 3.63) is 40.5 Å². The number of nitrogens with zero attached hydrogens (tertiary/aromatic N) is 2. The van der Waals surface area contributed by atoms with E-state index >= 15 is 0 Å². The van der Waals surface area contributed by atoms with Crippen LogP contribution in [0.2, 0.25) is 0 Å². The summed E-state index contributed by atoms with van der Waals surface area (Å²) in [4.78, 5) is 8.43. The summed E-state index contributed by atoms with van der Waals surface area (Å²) < 4.78 is 0. The van der Waals surface area contributed by atoms with Gasteiger partial charge in [0.15, 0.2) is 0 Å². The van der Waals surface area contributed by atoms with Gasteiger partial charge in [-0.05, 0) is 28.8 Å². The Morgan fingerprint density at radius 1 is 1.38 bits per heavy atom. The van der Waals surface area contributed by atoms with Crippen LogP contribution in [0.25, 0.3) is 0 Å². The fourth-order valence-electron chi connectivity index (χ4n) is 1.47. The molecular formula is C12H15N3S. The molecule has 2 aromatic heterocycles. The first-order chi connectivity index (χ1) is 7.88. The minimum absolute atomic E-state index is 0.825. The van der Waals surface area contributed by atoms with Gasteiger partial charge >= 0.3 is 0 Å². The highest BCUT2D eigenvalue weighted by Crippen LogP contribution is 2.10. The normalized spacial score (nSPS) is 10.3. The topological polar surface area (TPSA) is 37.8 Å². The van der Waals surface area contributed by atoms with Crippen molar-refractivity contribution >= 4 is 17.2 Å². The molecule has 2 aromatic rings. The van der Waals surface area contributed by atoms with Gasteiger partial charge in [-0.15, -0.1) is 0 Å². The Labute approximate surface area is 99.6 Å². The van der Waals surface area contributed by atoms with Gasteiger partial charge < -0.3 is 5.32 Å². The van der Waals surface area contributed by atoms with Crippen LogP contribution in [0.5, 0.6) is 0 Å². The number of anilines is 1. The number of aromatic nitrogens is 2. The van der Waals surface area contributed by atoms with Crippen molar-refractivity contribution in [2.24, 2.45) is 0 Å². The van der Waals surface area contributed by atoms with Gasteiger partial charge in [-0.25, -0.2) is 9.97 Å². The highest BCUT2D eigenvalue weighted by atomic mass is 32.1. The fraction of sp³-hybridized carbons (Fsp3) is 0.333. The van der Waals surface area contributed by atoms with Crippen LogP contribution < -0.4 is 5.32 Å². The first kappa shape index (κ1) is 11.1. The Morgan fingerprint density at radius 2 is 2.31 bits per heavy atom. The minimum atomic E-state index is 0.825. The van der Waals surface area contributed by atoms with E-state index in [9.17, 15) is 0 Å². The zero-order valence-electron chi connectivity index (χ0n) is 9.31. The highest BCUT2D eigenvalue weighted by Gasteiger charge is 1.98. The van der Waals surface area contributed by atoms with Crippen LogP contribution in [-0.2, 0) is 13.0 Å². The summed E-state index contributed by atoms with van der Waals surface area (Å²) >= 11 is 1.71. The van der Waals surface area contributed by atoms with Gasteiger partial charge in [-0.1, -0.05) is 13.3 Å². The van der Waals surface area contributed by atoms with Crippen molar-refractivity contribution in [2.45, 2.75) is 26.3 Å². The third-order valence-corrected chi connectivity index (χ3v) is 3.02. The molecule has 0 aliphatic rings. The smallest absolute Gasteiger partial charge is 0.129 e. The van der Waals surface area contributed by atoms with Crippen molar-refractivity contribution in [1.29, 1.82) is 0 Å². The number of hydrogen-bond acceptors (Lipinski definition) is 4. The van der Waals surface area contributed by atoms with Crippen LogP contribution in [0.1, 0.15) is 24.6 Å². The van der Waals surface area contributed by atoms with E-state index < -0.39 is 0 Å². The molecule has 0 saturated carbocycles. The number of thiophene rings is 1. The van der Waals surface area contributed by atoms with E-state index in [0.717, 1.165) is 30.9 Å². The molecule has 0 amide bonds. The second kappa shape index (κ2) is 5.61. The summed E-state index contributed by atoms with van der Waals surface area (Å²) in [6.45, 7) is 2.98. The predicted molar refractivity (Wildman–Crippen MR) is 67.7 cm³/mol. The Bertz CT molecular complexity index is 426. The van der Waals surface area contributed by atoms with Crippen LogP contribution >= 0.6 is 11.3 Å². The molecule has 0 fully saturated rings. The van der Waals surface area contributed by atoms with Gasteiger partial charge in [0, 0.05) is 18.3 Å². The first-order valence-electron chi connectivity index (χ1n) is 5.44. The van der Waals surface area contributed by atoms with Crippen LogP contribution in [0.15, 0.2) is 29.2 Å². The molecule has 3 nitrogen and oxygen atoms in total. The molecule has 2 rings (SSSR count). The summed E-state index contributed by atoms with van der Waals surface area (Å²) in [6, 6.07) is 4.14. The maximum Gasteiger partial charge on any atom is 0.129 e. The molecule has 0 aliphatic heterocycles. The van der Waals surface area contributed by atoms with Crippen LogP contribution in [-0.4, -0.2) is 9.97 Å². The lowest BCUT2D eigenvalue weighted by Gasteiger charge is -2.05. The fourth-order valence-corrected chi connectivity index (χ4v) is 2.14. The summed E-state index contributed by atoms with van der Waals surface area (Å²) in [5.41, 5.74) is 2.39. The van der Waals surface area contributed by atoms with Crippen LogP contribution in [0.4, 0.5) is 5.82 Å². The lowest BCUT2D eigenvalue weighted by atomic mass is 10.2. The average Bonchev–Trinajstić information content (AvgIpc) is 2.80. The third kappa shape index (κ3) is 3.03. The molecule has 0 unspecified atom stereocenters. The molecule has 0 spiro atoms. The van der Waals surface area contributed by atoms with E-state index in [1.165, 1.54) is 5.56 Å². The molecule has 2 heterocycles. The molecule has 0 aliphatic carbocycles. The molecule has 0 bridgehead atoms. The predicted octanol–water partition coefficient (Wildman–Crippen LogP) is 3.10. The number of hydrogen-bond donors (Lipinski definition) is 1. The zero-order chi connectivity index (χ0) is 11.2. The summed E-state index contributed by atoms with van der Waals surface area (Å²) in [5, 5.41) is 7.52. The maximum atomic E-state index is 4.23. The summed E-state index contributed by atoms with van der Waals surface area (Å²) in [5.74, 6) is 0.907. The molecule has 0 radical (unpaired) electrons. The molecular weight excluding hydrogens is 218 g/mol. The molecule has 4 heteroatoms. The lowest BCUT2D eigenvalue weighted by Crippen LogP contribution is -2.02. The molecule has 16 heavy (non-hydrogen) atoms. The first-order valence-corrected chi connectivity index (χ1v) is 6.38. The van der Waals surface area contributed by atoms with Crippen LogP contribution in [0.3, 0.4) is 0 Å². The Kier molecular flexibility index (Phi) is 3.88. The Balaban J connectivity index is 1.96. The van der Waals surface area contributed by atoms with Crippen molar-refractivity contribution in [2.75, 3.05) is 5.32 Å². The summed E-state index contributed by atoms with van der Waals surface area (Å²) in [7, 11) is 0. The molecule has 0 aromatic carbocycles. The van der Waals surface area contributed by atoms with E-state index in [1.807, 2.05) is 6.07 Å². The van der Waals surface area contributed by atoms with Gasteiger partial charge in [-0.2, -0.15) is 11.3 Å². The number of aryl methyl sites for hydroxylation is 1. The lowest BCUT2D eigenvalue weighted by molar-refractivity contribution is 0.871. The SMILES string of the molecule is CCCc1cc(NCc2ccsc2)ncn1. The van der Waals surface area contributed by atoms with E-state index in [-0.39, 0.29) is 0 Å². The van der Waals surface area contributed by atoms with E-state index in [4.69, 9.17) is 0 Å². The molecule has 1 N–H and O–H groups in total. The maximum absolute atomic E-state index is 4.23. The Hall–Kier alpha value is -1.42. The van der Waals surface area contributed by atoms with Crippen molar-refractivity contribution in [1.82, 2.24) is 9.97 Å².